The van der Waals surface area contributed by atoms with Gasteiger partial charge in [0.2, 0.25) is 0 Å². The van der Waals surface area contributed by atoms with E-state index in [0.29, 0.717) is 56.1 Å². The number of anilines is 2. The SMILES string of the molecule is O=C(Oc1ccccc1)N1CCc2cc(-c3cc(C(=O)N(c4ccccc4)c4ccccc4)c4n3CCCC4)c(C(=O)N3Cc4ccccc4C[C@H]3CN3CCOCC3)cc2C1. The number of hydrogen-bond acceptors (Lipinski definition) is 6. The van der Waals surface area contributed by atoms with Crippen LogP contribution < -0.4 is 9.64 Å². The fraction of sp³-hybridized carbons (Fsp3) is 0.288. The van der Waals surface area contributed by atoms with Crippen molar-refractivity contribution >= 4 is 29.3 Å². The predicted molar refractivity (Wildman–Crippen MR) is 240 cm³/mol. The molecule has 314 valence electrons. The lowest BCUT2D eigenvalue weighted by Crippen LogP contribution is -2.52. The summed E-state index contributed by atoms with van der Waals surface area (Å²) in [7, 11) is 0. The van der Waals surface area contributed by atoms with Crippen LogP contribution in [0.1, 0.15) is 61.5 Å². The van der Waals surface area contributed by atoms with Gasteiger partial charge in [-0.1, -0.05) is 78.9 Å². The number of carbonyl (C=O) groups excluding carboxylic acids is 3. The van der Waals surface area contributed by atoms with Crippen LogP contribution in [-0.2, 0) is 43.6 Å². The molecule has 1 aromatic heterocycles. The Hall–Kier alpha value is -6.49. The van der Waals surface area contributed by atoms with E-state index in [9.17, 15) is 4.79 Å². The van der Waals surface area contributed by atoms with Crippen molar-refractivity contribution in [2.24, 2.45) is 0 Å². The quantitative estimate of drug-likeness (QED) is 0.152. The number of rotatable bonds is 8. The Balaban J connectivity index is 1.08. The Bertz CT molecular complexity index is 2550. The minimum atomic E-state index is -0.415. The smallest absolute Gasteiger partial charge is 0.410 e. The number of hydrogen-bond donors (Lipinski definition) is 0. The first-order chi connectivity index (χ1) is 30.5. The Morgan fingerprint density at radius 2 is 1.32 bits per heavy atom. The monoisotopic (exact) mass is 825 g/mol. The van der Waals surface area contributed by atoms with E-state index < -0.39 is 6.09 Å². The molecule has 10 nitrogen and oxygen atoms in total. The first-order valence-corrected chi connectivity index (χ1v) is 22.0. The number of amides is 3. The van der Waals surface area contributed by atoms with Crippen LogP contribution in [0, 0.1) is 0 Å². The largest absolute Gasteiger partial charge is 0.415 e. The molecule has 10 heteroatoms. The molecule has 5 aromatic carbocycles. The van der Waals surface area contributed by atoms with Gasteiger partial charge in [0.05, 0.1) is 18.8 Å². The molecule has 0 saturated carbocycles. The number of aromatic nitrogens is 1. The van der Waals surface area contributed by atoms with Crippen LogP contribution in [0.5, 0.6) is 5.75 Å². The van der Waals surface area contributed by atoms with E-state index in [1.54, 1.807) is 21.9 Å². The summed E-state index contributed by atoms with van der Waals surface area (Å²) in [6.45, 7) is 5.81. The number of fused-ring (bicyclic) bond motifs is 3. The lowest BCUT2D eigenvalue weighted by atomic mass is 9.89. The van der Waals surface area contributed by atoms with Crippen LogP contribution in [-0.4, -0.2) is 82.6 Å². The van der Waals surface area contributed by atoms with Crippen LogP contribution in [0.4, 0.5) is 16.2 Å². The second kappa shape index (κ2) is 17.5. The molecule has 0 unspecified atom stereocenters. The number of nitrogens with zero attached hydrogens (tertiary/aromatic N) is 5. The minimum Gasteiger partial charge on any atom is -0.410 e. The molecule has 0 aliphatic carbocycles. The van der Waals surface area contributed by atoms with Crippen LogP contribution in [0.15, 0.2) is 133 Å². The molecule has 1 atom stereocenters. The summed E-state index contributed by atoms with van der Waals surface area (Å²) in [6, 6.07) is 43.4. The summed E-state index contributed by atoms with van der Waals surface area (Å²) < 4.78 is 13.8. The van der Waals surface area contributed by atoms with Crippen molar-refractivity contribution in [3.05, 3.63) is 173 Å². The summed E-state index contributed by atoms with van der Waals surface area (Å²) in [6.07, 6.45) is 3.65. The van der Waals surface area contributed by atoms with E-state index in [4.69, 9.17) is 9.47 Å². The zero-order chi connectivity index (χ0) is 42.0. The van der Waals surface area contributed by atoms with Crippen molar-refractivity contribution < 1.29 is 23.9 Å². The Morgan fingerprint density at radius 3 is 2.05 bits per heavy atom. The van der Waals surface area contributed by atoms with E-state index in [-0.39, 0.29) is 17.9 Å². The van der Waals surface area contributed by atoms with Gasteiger partial charge < -0.3 is 23.8 Å². The molecule has 0 bridgehead atoms. The van der Waals surface area contributed by atoms with Crippen LogP contribution in [0.2, 0.25) is 0 Å². The highest BCUT2D eigenvalue weighted by Crippen LogP contribution is 2.39. The Labute approximate surface area is 362 Å². The number of benzene rings is 5. The van der Waals surface area contributed by atoms with Crippen LogP contribution >= 0.6 is 0 Å². The van der Waals surface area contributed by atoms with Crippen molar-refractivity contribution in [2.45, 2.75) is 57.8 Å². The second-order valence-corrected chi connectivity index (χ2v) is 16.8. The van der Waals surface area contributed by atoms with Gasteiger partial charge in [-0.3, -0.25) is 19.4 Å². The molecule has 0 radical (unpaired) electrons. The van der Waals surface area contributed by atoms with E-state index in [2.05, 4.69) is 44.7 Å². The molecule has 0 spiro atoms. The highest BCUT2D eigenvalue weighted by Gasteiger charge is 2.36. The van der Waals surface area contributed by atoms with Gasteiger partial charge in [0, 0.05) is 85.7 Å². The second-order valence-electron chi connectivity index (χ2n) is 16.8. The van der Waals surface area contributed by atoms with Gasteiger partial charge in [0.25, 0.3) is 11.8 Å². The Kier molecular flexibility index (Phi) is 11.2. The maximum Gasteiger partial charge on any atom is 0.415 e. The van der Waals surface area contributed by atoms with Gasteiger partial charge in [-0.15, -0.1) is 0 Å². The zero-order valence-corrected chi connectivity index (χ0v) is 35.0. The van der Waals surface area contributed by atoms with Crippen LogP contribution in [0.3, 0.4) is 0 Å². The van der Waals surface area contributed by atoms with Crippen molar-refractivity contribution in [3.8, 4) is 17.0 Å². The number of ether oxygens (including phenoxy) is 2. The van der Waals surface area contributed by atoms with Gasteiger partial charge in [0.1, 0.15) is 5.75 Å². The normalized spacial score (nSPS) is 17.4. The maximum atomic E-state index is 15.7. The van der Waals surface area contributed by atoms with Gasteiger partial charge in [-0.2, -0.15) is 0 Å². The van der Waals surface area contributed by atoms with E-state index in [0.717, 1.165) is 96.9 Å². The minimum absolute atomic E-state index is 0.0472. The number of morpholine rings is 1. The highest BCUT2D eigenvalue weighted by molar-refractivity contribution is 6.12. The topological polar surface area (TPSA) is 87.6 Å². The standard InChI is InChI=1S/C52H51N5O5/c58-50(56-35-39-15-11-10-14-37(39)30-43(56)36-53-26-28-61-29-27-53)46-32-40-34-54(52(60)62-44-20-8-3-9-21-44)25-23-38(40)31-45(46)49-33-47(48-22-12-13-24-55(48)49)51(59)57(41-16-4-1-5-17-41)42-18-6-2-7-19-42/h1-11,14-21,31-33,43H,12-13,22-30,34-36H2/t43-/m0/s1. The van der Waals surface area contributed by atoms with Gasteiger partial charge in [-0.25, -0.2) is 4.79 Å². The number of carbonyl (C=O) groups is 3. The van der Waals surface area contributed by atoms with E-state index in [1.165, 1.54) is 5.56 Å². The molecule has 62 heavy (non-hydrogen) atoms. The summed E-state index contributed by atoms with van der Waals surface area (Å²) in [5.74, 6) is 0.345. The molecule has 10 rings (SSSR count). The first kappa shape index (κ1) is 39.6. The first-order valence-electron chi connectivity index (χ1n) is 22.0. The highest BCUT2D eigenvalue weighted by atomic mass is 16.6. The average molecular weight is 826 g/mol. The third-order valence-electron chi connectivity index (χ3n) is 13.0. The molecule has 1 fully saturated rings. The van der Waals surface area contributed by atoms with Gasteiger partial charge >= 0.3 is 6.09 Å². The molecule has 0 N–H and O–H groups in total. The molecular formula is C52H51N5O5. The summed E-state index contributed by atoms with van der Waals surface area (Å²) in [4.78, 5) is 52.4. The molecule has 6 aromatic rings. The fourth-order valence-corrected chi connectivity index (χ4v) is 9.78. The lowest BCUT2D eigenvalue weighted by Gasteiger charge is -2.41. The number of para-hydroxylation sites is 3. The van der Waals surface area contributed by atoms with Crippen molar-refractivity contribution in [2.75, 3.05) is 44.3 Å². The average Bonchev–Trinajstić information content (AvgIpc) is 3.71. The molecule has 4 aliphatic heterocycles. The van der Waals surface area contributed by atoms with E-state index >= 15 is 9.59 Å². The summed E-state index contributed by atoms with van der Waals surface area (Å²) >= 11 is 0. The fourth-order valence-electron chi connectivity index (χ4n) is 9.78. The van der Waals surface area contributed by atoms with Gasteiger partial charge in [0.15, 0.2) is 0 Å². The summed E-state index contributed by atoms with van der Waals surface area (Å²) in [5, 5.41) is 0. The Morgan fingerprint density at radius 1 is 0.645 bits per heavy atom. The van der Waals surface area contributed by atoms with Crippen molar-refractivity contribution in [1.29, 1.82) is 0 Å². The van der Waals surface area contributed by atoms with Crippen LogP contribution in [0.25, 0.3) is 11.3 Å². The third kappa shape index (κ3) is 7.92. The summed E-state index contributed by atoms with van der Waals surface area (Å²) in [5.41, 5.74) is 9.96. The lowest BCUT2D eigenvalue weighted by molar-refractivity contribution is 0.0193. The van der Waals surface area contributed by atoms with Crippen molar-refractivity contribution in [3.63, 3.8) is 0 Å². The molecule has 4 aliphatic rings. The van der Waals surface area contributed by atoms with Gasteiger partial charge in [-0.05, 0) is 109 Å². The molecule has 5 heterocycles. The van der Waals surface area contributed by atoms with E-state index in [1.807, 2.05) is 91.0 Å². The predicted octanol–water partition coefficient (Wildman–Crippen LogP) is 8.93. The maximum absolute atomic E-state index is 15.7. The van der Waals surface area contributed by atoms with Crippen molar-refractivity contribution in [1.82, 2.24) is 19.3 Å². The zero-order valence-electron chi connectivity index (χ0n) is 35.0. The third-order valence-corrected chi connectivity index (χ3v) is 13.0. The molecule has 3 amide bonds. The molecule has 1 saturated heterocycles. The molecular weight excluding hydrogens is 775 g/mol.